The van der Waals surface area contributed by atoms with Crippen LogP contribution in [0, 0.1) is 5.92 Å². The molecule has 1 aliphatic rings. The highest BCUT2D eigenvalue weighted by Crippen LogP contribution is 2.30. The SMILES string of the molecule is FC(F)(F)c1cccc(NCC2CC=CCC2)c1. The Morgan fingerprint density at radius 1 is 1.22 bits per heavy atom. The van der Waals surface area contributed by atoms with E-state index in [-0.39, 0.29) is 0 Å². The molecule has 1 atom stereocenters. The molecule has 1 aromatic rings. The molecule has 0 aliphatic heterocycles. The molecule has 0 amide bonds. The molecule has 0 radical (unpaired) electrons. The van der Waals surface area contributed by atoms with Crippen molar-refractivity contribution in [2.24, 2.45) is 5.92 Å². The van der Waals surface area contributed by atoms with Gasteiger partial charge in [0.25, 0.3) is 0 Å². The summed E-state index contributed by atoms with van der Waals surface area (Å²) in [5.41, 5.74) is -0.0598. The van der Waals surface area contributed by atoms with Gasteiger partial charge in [0.1, 0.15) is 0 Å². The third-order valence-corrected chi connectivity index (χ3v) is 3.16. The predicted octanol–water partition coefficient (Wildman–Crippen LogP) is 4.47. The number of hydrogen-bond acceptors (Lipinski definition) is 1. The average Bonchev–Trinajstić information content (AvgIpc) is 2.37. The van der Waals surface area contributed by atoms with Crippen LogP contribution in [0.2, 0.25) is 0 Å². The standard InChI is InChI=1S/C14H16F3N/c15-14(16,17)12-7-4-8-13(9-12)18-10-11-5-2-1-3-6-11/h1-2,4,7-9,11,18H,3,5-6,10H2. The lowest BCUT2D eigenvalue weighted by atomic mass is 9.94. The second-order valence-electron chi connectivity index (χ2n) is 4.61. The first-order valence-electron chi connectivity index (χ1n) is 6.12. The van der Waals surface area contributed by atoms with Gasteiger partial charge in [-0.1, -0.05) is 18.2 Å². The summed E-state index contributed by atoms with van der Waals surface area (Å²) in [7, 11) is 0. The largest absolute Gasteiger partial charge is 0.416 e. The molecular formula is C14H16F3N. The molecule has 0 saturated carbocycles. The Balaban J connectivity index is 1.95. The van der Waals surface area contributed by atoms with Crippen LogP contribution in [0.15, 0.2) is 36.4 Å². The molecule has 0 fully saturated rings. The van der Waals surface area contributed by atoms with E-state index in [0.29, 0.717) is 11.6 Å². The Bertz CT molecular complexity index is 423. The second kappa shape index (κ2) is 5.46. The molecule has 98 valence electrons. The lowest BCUT2D eigenvalue weighted by molar-refractivity contribution is -0.137. The zero-order chi connectivity index (χ0) is 13.0. The summed E-state index contributed by atoms with van der Waals surface area (Å²) in [5, 5.41) is 3.09. The van der Waals surface area contributed by atoms with Gasteiger partial charge in [-0.15, -0.1) is 0 Å². The third kappa shape index (κ3) is 3.52. The topological polar surface area (TPSA) is 12.0 Å². The minimum atomic E-state index is -4.27. The minimum absolute atomic E-state index is 0.518. The van der Waals surface area contributed by atoms with Crippen molar-refractivity contribution in [3.8, 4) is 0 Å². The number of hydrogen-bond donors (Lipinski definition) is 1. The molecule has 1 unspecified atom stereocenters. The maximum absolute atomic E-state index is 12.5. The zero-order valence-corrected chi connectivity index (χ0v) is 10.0. The number of allylic oxidation sites excluding steroid dienone is 2. The molecule has 1 aromatic carbocycles. The van der Waals surface area contributed by atoms with Crippen LogP contribution in [0.3, 0.4) is 0 Å². The molecule has 0 aromatic heterocycles. The molecule has 0 bridgehead atoms. The van der Waals surface area contributed by atoms with Crippen LogP contribution in [-0.4, -0.2) is 6.54 Å². The Kier molecular flexibility index (Phi) is 3.94. The van der Waals surface area contributed by atoms with E-state index in [4.69, 9.17) is 0 Å². The van der Waals surface area contributed by atoms with E-state index in [1.54, 1.807) is 6.07 Å². The van der Waals surface area contributed by atoms with Crippen LogP contribution < -0.4 is 5.32 Å². The van der Waals surface area contributed by atoms with Crippen LogP contribution >= 0.6 is 0 Å². The van der Waals surface area contributed by atoms with Crippen molar-refractivity contribution in [3.63, 3.8) is 0 Å². The first-order chi connectivity index (χ1) is 8.55. The average molecular weight is 255 g/mol. The normalized spacial score (nSPS) is 19.8. The van der Waals surface area contributed by atoms with Gasteiger partial charge in [0.2, 0.25) is 0 Å². The van der Waals surface area contributed by atoms with E-state index in [1.165, 1.54) is 12.1 Å². The van der Waals surface area contributed by atoms with Gasteiger partial charge in [-0.25, -0.2) is 0 Å². The smallest absolute Gasteiger partial charge is 0.385 e. The van der Waals surface area contributed by atoms with E-state index in [9.17, 15) is 13.2 Å². The maximum atomic E-state index is 12.5. The third-order valence-electron chi connectivity index (χ3n) is 3.16. The summed E-state index contributed by atoms with van der Waals surface area (Å²) >= 11 is 0. The molecular weight excluding hydrogens is 239 g/mol. The number of alkyl halides is 3. The number of benzene rings is 1. The summed E-state index contributed by atoms with van der Waals surface area (Å²) < 4.78 is 37.6. The van der Waals surface area contributed by atoms with Crippen molar-refractivity contribution in [1.82, 2.24) is 0 Å². The van der Waals surface area contributed by atoms with E-state index in [0.717, 1.165) is 31.9 Å². The molecule has 0 spiro atoms. The van der Waals surface area contributed by atoms with Crippen LogP contribution in [-0.2, 0) is 6.18 Å². The van der Waals surface area contributed by atoms with Crippen molar-refractivity contribution in [2.75, 3.05) is 11.9 Å². The van der Waals surface area contributed by atoms with Gasteiger partial charge in [0, 0.05) is 12.2 Å². The van der Waals surface area contributed by atoms with Gasteiger partial charge in [-0.2, -0.15) is 13.2 Å². The van der Waals surface area contributed by atoms with Crippen LogP contribution in [0.25, 0.3) is 0 Å². The number of anilines is 1. The predicted molar refractivity (Wildman–Crippen MR) is 66.4 cm³/mol. The van der Waals surface area contributed by atoms with Gasteiger partial charge in [0.15, 0.2) is 0 Å². The van der Waals surface area contributed by atoms with Crippen LogP contribution in [0.4, 0.5) is 18.9 Å². The number of nitrogens with one attached hydrogen (secondary N) is 1. The number of halogens is 3. The first kappa shape index (κ1) is 13.0. The number of rotatable bonds is 3. The lowest BCUT2D eigenvalue weighted by Crippen LogP contribution is -2.15. The Hall–Kier alpha value is -1.45. The Morgan fingerprint density at radius 2 is 2.06 bits per heavy atom. The van der Waals surface area contributed by atoms with Gasteiger partial charge in [-0.3, -0.25) is 0 Å². The summed E-state index contributed by atoms with van der Waals surface area (Å²) in [6.07, 6.45) is 3.19. The molecule has 4 heteroatoms. The van der Waals surface area contributed by atoms with Crippen molar-refractivity contribution in [3.05, 3.63) is 42.0 Å². The molecule has 1 N–H and O–H groups in total. The van der Waals surface area contributed by atoms with Crippen molar-refractivity contribution in [1.29, 1.82) is 0 Å². The van der Waals surface area contributed by atoms with Crippen molar-refractivity contribution >= 4 is 5.69 Å². The van der Waals surface area contributed by atoms with Crippen LogP contribution in [0.1, 0.15) is 24.8 Å². The highest BCUT2D eigenvalue weighted by Gasteiger charge is 2.30. The van der Waals surface area contributed by atoms with Gasteiger partial charge in [-0.05, 0) is 43.4 Å². The van der Waals surface area contributed by atoms with Gasteiger partial charge >= 0.3 is 6.18 Å². The quantitative estimate of drug-likeness (QED) is 0.785. The van der Waals surface area contributed by atoms with Crippen molar-refractivity contribution < 1.29 is 13.2 Å². The van der Waals surface area contributed by atoms with Gasteiger partial charge in [0.05, 0.1) is 5.56 Å². The van der Waals surface area contributed by atoms with E-state index in [2.05, 4.69) is 17.5 Å². The molecule has 2 rings (SSSR count). The zero-order valence-electron chi connectivity index (χ0n) is 10.0. The van der Waals surface area contributed by atoms with Crippen LogP contribution in [0.5, 0.6) is 0 Å². The van der Waals surface area contributed by atoms with Gasteiger partial charge < -0.3 is 5.32 Å². The van der Waals surface area contributed by atoms with E-state index in [1.807, 2.05) is 0 Å². The highest BCUT2D eigenvalue weighted by molar-refractivity contribution is 5.46. The molecule has 1 aliphatic carbocycles. The monoisotopic (exact) mass is 255 g/mol. The lowest BCUT2D eigenvalue weighted by Gasteiger charge is -2.19. The maximum Gasteiger partial charge on any atom is 0.416 e. The minimum Gasteiger partial charge on any atom is -0.385 e. The highest BCUT2D eigenvalue weighted by atomic mass is 19.4. The van der Waals surface area contributed by atoms with E-state index < -0.39 is 11.7 Å². The Morgan fingerprint density at radius 3 is 2.72 bits per heavy atom. The summed E-state index contributed by atoms with van der Waals surface area (Å²) in [6.45, 7) is 0.728. The fourth-order valence-corrected chi connectivity index (χ4v) is 2.11. The fraction of sp³-hybridized carbons (Fsp3) is 0.429. The molecule has 0 heterocycles. The molecule has 1 nitrogen and oxygen atoms in total. The Labute approximate surface area is 105 Å². The van der Waals surface area contributed by atoms with E-state index >= 15 is 0 Å². The summed E-state index contributed by atoms with van der Waals surface area (Å²) in [4.78, 5) is 0. The van der Waals surface area contributed by atoms with Crippen molar-refractivity contribution in [2.45, 2.75) is 25.4 Å². The first-order valence-corrected chi connectivity index (χ1v) is 6.12. The fourth-order valence-electron chi connectivity index (χ4n) is 2.11. The molecule has 0 saturated heterocycles. The molecule has 18 heavy (non-hydrogen) atoms. The summed E-state index contributed by atoms with van der Waals surface area (Å²) in [5.74, 6) is 0.518. The summed E-state index contributed by atoms with van der Waals surface area (Å²) in [6, 6.07) is 5.37. The second-order valence-corrected chi connectivity index (χ2v) is 4.61.